The maximum atomic E-state index is 12.3. The zero-order chi connectivity index (χ0) is 23.8. The van der Waals surface area contributed by atoms with Crippen LogP contribution in [0.1, 0.15) is 21.4 Å². The zero-order valence-corrected chi connectivity index (χ0v) is 21.7. The van der Waals surface area contributed by atoms with Crippen LogP contribution in [0.5, 0.6) is 0 Å². The second-order valence-corrected chi connectivity index (χ2v) is 12.1. The molecule has 2 aromatic carbocycles. The highest BCUT2D eigenvalue weighted by atomic mass is 32.2. The Kier molecular flexibility index (Phi) is 6.37. The summed E-state index contributed by atoms with van der Waals surface area (Å²) in [5.74, 6) is 0. The van der Waals surface area contributed by atoms with Crippen molar-refractivity contribution < 1.29 is 4.74 Å². The van der Waals surface area contributed by atoms with Gasteiger partial charge in [0.1, 0.15) is 11.8 Å². The number of aromatic amines is 1. The molecule has 0 saturated carbocycles. The minimum absolute atomic E-state index is 0.0549. The topological polar surface area (TPSA) is 57.4 Å². The van der Waals surface area contributed by atoms with Crippen LogP contribution in [-0.4, -0.2) is 24.7 Å². The number of nitrogens with one attached hydrogen (secondary N) is 2. The minimum atomic E-state index is -0.0804. The van der Waals surface area contributed by atoms with Gasteiger partial charge in [-0.2, -0.15) is 0 Å². The van der Waals surface area contributed by atoms with E-state index in [9.17, 15) is 4.79 Å². The third kappa shape index (κ3) is 4.76. The lowest BCUT2D eigenvalue weighted by Crippen LogP contribution is -2.41. The van der Waals surface area contributed by atoms with Crippen LogP contribution in [-0.2, 0) is 11.3 Å². The van der Waals surface area contributed by atoms with E-state index >= 15 is 0 Å². The zero-order valence-electron chi connectivity index (χ0n) is 19.2. The number of pyridine rings is 1. The summed E-state index contributed by atoms with van der Waals surface area (Å²) < 4.78 is 6.22. The van der Waals surface area contributed by atoms with E-state index in [0.717, 1.165) is 12.2 Å². The smallest absolute Gasteiger partial charge is 0.271 e. The van der Waals surface area contributed by atoms with Crippen molar-refractivity contribution in [1.29, 1.82) is 0 Å². The Morgan fingerprint density at radius 1 is 1.06 bits per heavy atom. The Labute approximate surface area is 216 Å². The van der Waals surface area contributed by atoms with Crippen molar-refractivity contribution >= 4 is 46.2 Å². The fourth-order valence-corrected chi connectivity index (χ4v) is 7.75. The normalized spacial score (nSPS) is 17.1. The molecule has 5 nitrogen and oxygen atoms in total. The lowest BCUT2D eigenvalue weighted by atomic mass is 10.1. The summed E-state index contributed by atoms with van der Waals surface area (Å²) in [6.45, 7) is 4.95. The largest absolute Gasteiger partial charge is 0.380 e. The lowest BCUT2D eigenvalue weighted by molar-refractivity contribution is 0.0378. The van der Waals surface area contributed by atoms with Gasteiger partial charge in [0.15, 0.2) is 0 Å². The van der Waals surface area contributed by atoms with Crippen molar-refractivity contribution in [2.24, 2.45) is 0 Å². The molecule has 2 aliphatic heterocycles. The summed E-state index contributed by atoms with van der Waals surface area (Å²) >= 11 is 5.47. The van der Waals surface area contributed by atoms with E-state index in [2.05, 4.69) is 70.7 Å². The van der Waals surface area contributed by atoms with Gasteiger partial charge in [-0.1, -0.05) is 35.7 Å². The van der Waals surface area contributed by atoms with Gasteiger partial charge in [0.2, 0.25) is 0 Å². The number of aromatic nitrogens is 1. The molecule has 8 heteroatoms. The summed E-state index contributed by atoms with van der Waals surface area (Å²) in [5.41, 5.74) is 2.98. The van der Waals surface area contributed by atoms with Crippen molar-refractivity contribution in [2.45, 2.75) is 39.2 Å². The standard InChI is InChI=1S/C27H25N3O2S3/c1-17-7-9-19(33-17)15-29-18-8-10-23-25(14-18)34-24-6-2-4-20(26(24)35-23)22-16-30(12-13-32-22)21-5-3-11-28-27(21)31/h2-11,14,22,29H,12-13,15-16H2,1H3,(H,28,31). The summed E-state index contributed by atoms with van der Waals surface area (Å²) in [6, 6.07) is 21.2. The third-order valence-corrected chi connectivity index (χ3v) is 9.81. The number of H-pyrrole nitrogens is 1. The highest BCUT2D eigenvalue weighted by Crippen LogP contribution is 2.51. The molecule has 1 unspecified atom stereocenters. The molecule has 0 spiro atoms. The van der Waals surface area contributed by atoms with E-state index in [1.807, 2.05) is 47.0 Å². The molecule has 1 fully saturated rings. The molecule has 6 rings (SSSR count). The number of aryl methyl sites for hydroxylation is 1. The second-order valence-electron chi connectivity index (χ2n) is 8.60. The fourth-order valence-electron chi connectivity index (χ4n) is 4.47. The molecule has 1 saturated heterocycles. The van der Waals surface area contributed by atoms with E-state index in [1.54, 1.807) is 6.20 Å². The maximum absolute atomic E-state index is 12.3. The first-order valence-corrected chi connectivity index (χ1v) is 14.0. The molecule has 4 aromatic rings. The molecule has 4 heterocycles. The SMILES string of the molecule is Cc1ccc(CNc2ccc3c(c2)Sc2cccc(C4CN(c5ccc[nH]c5=O)CCO4)c2S3)s1. The Balaban J connectivity index is 1.22. The Hall–Kier alpha value is -2.65. The molecule has 0 radical (unpaired) electrons. The predicted molar refractivity (Wildman–Crippen MR) is 145 cm³/mol. The van der Waals surface area contributed by atoms with Crippen LogP contribution in [0.3, 0.4) is 0 Å². The first-order valence-electron chi connectivity index (χ1n) is 11.6. The summed E-state index contributed by atoms with van der Waals surface area (Å²) in [6.07, 6.45) is 1.59. The first-order chi connectivity index (χ1) is 17.1. The van der Waals surface area contributed by atoms with Crippen LogP contribution < -0.4 is 15.8 Å². The number of thiophene rings is 1. The molecule has 2 aromatic heterocycles. The number of morpholine rings is 1. The second kappa shape index (κ2) is 9.78. The van der Waals surface area contributed by atoms with Gasteiger partial charge in [0, 0.05) is 60.9 Å². The fraction of sp³-hybridized carbons (Fsp3) is 0.222. The number of nitrogens with zero attached hydrogens (tertiary/aromatic N) is 1. The average Bonchev–Trinajstić information content (AvgIpc) is 3.31. The summed E-state index contributed by atoms with van der Waals surface area (Å²) in [4.78, 5) is 25.0. The van der Waals surface area contributed by atoms with Gasteiger partial charge in [-0.3, -0.25) is 4.79 Å². The maximum Gasteiger partial charge on any atom is 0.271 e. The van der Waals surface area contributed by atoms with Crippen molar-refractivity contribution in [3.8, 4) is 0 Å². The summed E-state index contributed by atoms with van der Waals surface area (Å²) in [5, 5.41) is 3.57. The van der Waals surface area contributed by atoms with Crippen LogP contribution in [0.15, 0.2) is 91.2 Å². The number of rotatable bonds is 5. The molecular weight excluding hydrogens is 495 g/mol. The Morgan fingerprint density at radius 3 is 2.86 bits per heavy atom. The van der Waals surface area contributed by atoms with Crippen molar-refractivity contribution in [1.82, 2.24) is 4.98 Å². The molecule has 2 N–H and O–H groups in total. The highest BCUT2D eigenvalue weighted by Gasteiger charge is 2.29. The highest BCUT2D eigenvalue weighted by molar-refractivity contribution is 8.05. The number of hydrogen-bond donors (Lipinski definition) is 2. The Morgan fingerprint density at radius 2 is 2.00 bits per heavy atom. The van der Waals surface area contributed by atoms with Gasteiger partial charge in [0.25, 0.3) is 5.56 Å². The van der Waals surface area contributed by atoms with Crippen molar-refractivity contribution in [2.75, 3.05) is 29.9 Å². The molecule has 178 valence electrons. The van der Waals surface area contributed by atoms with Crippen LogP contribution in [0.2, 0.25) is 0 Å². The molecular formula is C27H25N3O2S3. The quantitative estimate of drug-likeness (QED) is 0.275. The van der Waals surface area contributed by atoms with E-state index in [0.29, 0.717) is 25.4 Å². The predicted octanol–water partition coefficient (Wildman–Crippen LogP) is 6.55. The van der Waals surface area contributed by atoms with E-state index in [-0.39, 0.29) is 11.7 Å². The van der Waals surface area contributed by atoms with Crippen molar-refractivity contribution in [3.63, 3.8) is 0 Å². The minimum Gasteiger partial charge on any atom is -0.380 e. The van der Waals surface area contributed by atoms with E-state index in [4.69, 9.17) is 4.74 Å². The van der Waals surface area contributed by atoms with Crippen LogP contribution in [0, 0.1) is 6.92 Å². The van der Waals surface area contributed by atoms with Gasteiger partial charge in [-0.15, -0.1) is 11.3 Å². The van der Waals surface area contributed by atoms with Crippen LogP contribution in [0.25, 0.3) is 0 Å². The monoisotopic (exact) mass is 519 g/mol. The molecule has 0 aliphatic carbocycles. The number of ether oxygens (including phenoxy) is 1. The summed E-state index contributed by atoms with van der Waals surface area (Å²) in [7, 11) is 0. The van der Waals surface area contributed by atoms with Gasteiger partial charge < -0.3 is 19.9 Å². The molecule has 2 aliphatic rings. The van der Waals surface area contributed by atoms with Gasteiger partial charge >= 0.3 is 0 Å². The van der Waals surface area contributed by atoms with Gasteiger partial charge in [0.05, 0.1) is 6.61 Å². The van der Waals surface area contributed by atoms with Crippen LogP contribution in [0.4, 0.5) is 11.4 Å². The Bertz CT molecular complexity index is 1430. The molecule has 1 atom stereocenters. The van der Waals surface area contributed by atoms with E-state index < -0.39 is 0 Å². The van der Waals surface area contributed by atoms with Crippen molar-refractivity contribution in [3.05, 3.63) is 92.5 Å². The number of benzene rings is 2. The molecule has 0 amide bonds. The van der Waals surface area contributed by atoms with E-state index in [1.165, 1.54) is 34.9 Å². The van der Waals surface area contributed by atoms with Gasteiger partial charge in [-0.05, 0) is 61.0 Å². The molecule has 0 bridgehead atoms. The number of fused-ring (bicyclic) bond motifs is 2. The van der Waals surface area contributed by atoms with Gasteiger partial charge in [-0.25, -0.2) is 0 Å². The number of hydrogen-bond acceptors (Lipinski definition) is 7. The van der Waals surface area contributed by atoms with Crippen LogP contribution >= 0.6 is 34.9 Å². The molecule has 35 heavy (non-hydrogen) atoms. The lowest BCUT2D eigenvalue weighted by Gasteiger charge is -2.35. The first kappa shape index (κ1) is 22.8. The average molecular weight is 520 g/mol. The third-order valence-electron chi connectivity index (χ3n) is 6.20. The number of anilines is 2.